The van der Waals surface area contributed by atoms with E-state index in [1.54, 1.807) is 36.4 Å². The molecule has 0 aliphatic rings. The van der Waals surface area contributed by atoms with Crippen molar-refractivity contribution in [3.05, 3.63) is 99.6 Å². The smallest absolute Gasteiger partial charge is 0.283 e. The third kappa shape index (κ3) is 6.27. The Bertz CT molecular complexity index is 1220. The van der Waals surface area contributed by atoms with Crippen LogP contribution in [-0.4, -0.2) is 34.3 Å². The number of benzene rings is 3. The van der Waals surface area contributed by atoms with Gasteiger partial charge in [0.15, 0.2) is 11.8 Å². The van der Waals surface area contributed by atoms with Gasteiger partial charge in [0, 0.05) is 28.9 Å². The Morgan fingerprint density at radius 3 is 2.26 bits per heavy atom. The SMILES string of the molecule is [NH3+][C@@H](CS)C(=O)Nc1ccc(NC(=O)Cc2ccc([N+](=O)[O-])cc2)c(C(=O)c2ccccc2)c1. The van der Waals surface area contributed by atoms with Crippen molar-refractivity contribution < 1.29 is 25.0 Å². The molecule has 3 aromatic rings. The van der Waals surface area contributed by atoms with Crippen molar-refractivity contribution in [3.8, 4) is 0 Å². The van der Waals surface area contributed by atoms with E-state index < -0.39 is 16.9 Å². The number of carbonyl (C=O) groups is 3. The Morgan fingerprint density at radius 2 is 1.65 bits per heavy atom. The third-order valence-corrected chi connectivity index (χ3v) is 5.39. The number of nitro benzene ring substituents is 1. The lowest BCUT2D eigenvalue weighted by Crippen LogP contribution is -2.67. The number of hydrogen-bond acceptors (Lipinski definition) is 6. The van der Waals surface area contributed by atoms with Crippen molar-refractivity contribution in [3.63, 3.8) is 0 Å². The standard InChI is InChI=1S/C24H22N4O5S/c25-20(14-34)24(31)26-17-8-11-21(19(13-17)23(30)16-4-2-1-3-5-16)27-22(29)12-15-6-9-18(10-7-15)28(32)33/h1-11,13,20,34H,12,14,25H2,(H,26,31)(H,27,29)/p+1/t20-/m0/s1. The molecule has 9 nitrogen and oxygen atoms in total. The lowest BCUT2D eigenvalue weighted by Gasteiger charge is -2.14. The molecule has 0 bridgehead atoms. The van der Waals surface area contributed by atoms with Crippen molar-refractivity contribution in [1.82, 2.24) is 0 Å². The number of nitrogens with zero attached hydrogens (tertiary/aromatic N) is 1. The molecule has 1 atom stereocenters. The number of non-ortho nitro benzene ring substituents is 1. The van der Waals surface area contributed by atoms with Crippen LogP contribution in [0.3, 0.4) is 0 Å². The van der Waals surface area contributed by atoms with Crippen molar-refractivity contribution in [2.24, 2.45) is 0 Å². The van der Waals surface area contributed by atoms with Gasteiger partial charge in [-0.3, -0.25) is 24.5 Å². The maximum atomic E-state index is 13.2. The fraction of sp³-hybridized carbons (Fsp3) is 0.125. The summed E-state index contributed by atoms with van der Waals surface area (Å²) in [5, 5.41) is 16.2. The van der Waals surface area contributed by atoms with E-state index in [1.807, 2.05) is 0 Å². The summed E-state index contributed by atoms with van der Waals surface area (Å²) < 4.78 is 0. The van der Waals surface area contributed by atoms with E-state index in [-0.39, 0.29) is 40.8 Å². The van der Waals surface area contributed by atoms with Gasteiger partial charge in [0.05, 0.1) is 22.8 Å². The Kier molecular flexibility index (Phi) is 8.12. The molecule has 2 amide bonds. The van der Waals surface area contributed by atoms with Crippen LogP contribution < -0.4 is 16.4 Å². The summed E-state index contributed by atoms with van der Waals surface area (Å²) in [5.74, 6) is -0.815. The van der Waals surface area contributed by atoms with Crippen LogP contribution in [0.2, 0.25) is 0 Å². The highest BCUT2D eigenvalue weighted by Crippen LogP contribution is 2.24. The molecule has 0 unspecified atom stereocenters. The van der Waals surface area contributed by atoms with Crippen LogP contribution in [0, 0.1) is 10.1 Å². The maximum Gasteiger partial charge on any atom is 0.283 e. The number of anilines is 2. The number of hydrogen-bond donors (Lipinski definition) is 4. The predicted molar refractivity (Wildman–Crippen MR) is 131 cm³/mol. The fourth-order valence-corrected chi connectivity index (χ4v) is 3.27. The molecule has 10 heteroatoms. The molecule has 3 rings (SSSR count). The summed E-state index contributed by atoms with van der Waals surface area (Å²) >= 11 is 4.07. The zero-order valence-corrected chi connectivity index (χ0v) is 19.0. The number of amides is 2. The molecule has 0 spiro atoms. The Labute approximate surface area is 200 Å². The molecular formula is C24H23N4O5S+. The first kappa shape index (κ1) is 24.6. The molecular weight excluding hydrogens is 456 g/mol. The van der Waals surface area contributed by atoms with Gasteiger partial charge < -0.3 is 16.4 Å². The van der Waals surface area contributed by atoms with E-state index in [0.717, 1.165) is 0 Å². The van der Waals surface area contributed by atoms with Gasteiger partial charge in [-0.1, -0.05) is 42.5 Å². The van der Waals surface area contributed by atoms with Crippen LogP contribution in [-0.2, 0) is 16.0 Å². The molecule has 0 heterocycles. The maximum absolute atomic E-state index is 13.2. The topological polar surface area (TPSA) is 146 Å². The number of ketones is 1. The number of quaternary nitrogens is 1. The number of nitrogens with one attached hydrogen (secondary N) is 2. The molecule has 3 aromatic carbocycles. The normalized spacial score (nSPS) is 11.4. The minimum atomic E-state index is -0.572. The fourth-order valence-electron chi connectivity index (χ4n) is 3.11. The molecule has 174 valence electrons. The van der Waals surface area contributed by atoms with Crippen molar-refractivity contribution in [2.75, 3.05) is 16.4 Å². The second-order valence-electron chi connectivity index (χ2n) is 7.47. The second-order valence-corrected chi connectivity index (χ2v) is 7.84. The number of rotatable bonds is 9. The van der Waals surface area contributed by atoms with E-state index in [4.69, 9.17) is 0 Å². The van der Waals surface area contributed by atoms with E-state index in [2.05, 4.69) is 29.0 Å². The number of carbonyl (C=O) groups excluding carboxylic acids is 3. The highest BCUT2D eigenvalue weighted by Gasteiger charge is 2.19. The largest absolute Gasteiger partial charge is 0.347 e. The van der Waals surface area contributed by atoms with E-state index >= 15 is 0 Å². The van der Waals surface area contributed by atoms with E-state index in [1.165, 1.54) is 36.4 Å². The van der Waals surface area contributed by atoms with Gasteiger partial charge in [0.25, 0.3) is 11.6 Å². The molecule has 0 aliphatic carbocycles. The van der Waals surface area contributed by atoms with Gasteiger partial charge in [-0.2, -0.15) is 12.6 Å². The lowest BCUT2D eigenvalue weighted by molar-refractivity contribution is -0.395. The third-order valence-electron chi connectivity index (χ3n) is 4.94. The molecule has 0 aliphatic heterocycles. The van der Waals surface area contributed by atoms with Gasteiger partial charge >= 0.3 is 0 Å². The molecule has 5 N–H and O–H groups in total. The zero-order valence-electron chi connectivity index (χ0n) is 18.1. The second kappa shape index (κ2) is 11.2. The van der Waals surface area contributed by atoms with Gasteiger partial charge in [-0.05, 0) is 23.8 Å². The average Bonchev–Trinajstić information content (AvgIpc) is 2.84. The summed E-state index contributed by atoms with van der Waals surface area (Å²) in [4.78, 5) is 48.3. The van der Waals surface area contributed by atoms with Crippen molar-refractivity contribution in [1.29, 1.82) is 0 Å². The van der Waals surface area contributed by atoms with Crippen LogP contribution in [0.4, 0.5) is 17.1 Å². The molecule has 0 saturated heterocycles. The summed E-state index contributed by atoms with van der Waals surface area (Å²) in [6.45, 7) is 0. The Hall–Kier alpha value is -4.02. The minimum Gasteiger partial charge on any atom is -0.347 e. The van der Waals surface area contributed by atoms with E-state index in [0.29, 0.717) is 16.8 Å². The van der Waals surface area contributed by atoms with Crippen LogP contribution in [0.25, 0.3) is 0 Å². The minimum absolute atomic E-state index is 0.0411. The monoisotopic (exact) mass is 479 g/mol. The Balaban J connectivity index is 1.85. The van der Waals surface area contributed by atoms with Gasteiger partial charge in [-0.25, -0.2) is 0 Å². The zero-order chi connectivity index (χ0) is 24.7. The van der Waals surface area contributed by atoms with Crippen LogP contribution >= 0.6 is 12.6 Å². The first-order valence-corrected chi connectivity index (χ1v) is 10.9. The molecule has 0 saturated carbocycles. The van der Waals surface area contributed by atoms with Gasteiger partial charge in [-0.15, -0.1) is 0 Å². The van der Waals surface area contributed by atoms with Gasteiger partial charge in [0.1, 0.15) is 0 Å². The highest BCUT2D eigenvalue weighted by molar-refractivity contribution is 7.80. The van der Waals surface area contributed by atoms with Crippen molar-refractivity contribution >= 4 is 47.3 Å². The lowest BCUT2D eigenvalue weighted by atomic mass is 10.0. The highest BCUT2D eigenvalue weighted by atomic mass is 32.1. The molecule has 0 fully saturated rings. The summed E-state index contributed by atoms with van der Waals surface area (Å²) in [6, 6.07) is 18.3. The summed E-state index contributed by atoms with van der Waals surface area (Å²) in [7, 11) is 0. The quantitative estimate of drug-likeness (QED) is 0.161. The van der Waals surface area contributed by atoms with Crippen LogP contribution in [0.1, 0.15) is 21.5 Å². The summed E-state index contributed by atoms with van der Waals surface area (Å²) in [5.41, 5.74) is 5.51. The molecule has 0 radical (unpaired) electrons. The first-order valence-electron chi connectivity index (χ1n) is 10.3. The first-order chi connectivity index (χ1) is 16.3. The van der Waals surface area contributed by atoms with Crippen LogP contribution in [0.5, 0.6) is 0 Å². The average molecular weight is 480 g/mol. The summed E-state index contributed by atoms with van der Waals surface area (Å²) in [6.07, 6.45) is -0.0411. The van der Waals surface area contributed by atoms with E-state index in [9.17, 15) is 24.5 Å². The van der Waals surface area contributed by atoms with Crippen molar-refractivity contribution in [2.45, 2.75) is 12.5 Å². The number of nitro groups is 1. The van der Waals surface area contributed by atoms with Crippen LogP contribution in [0.15, 0.2) is 72.8 Å². The number of thiol groups is 1. The molecule has 34 heavy (non-hydrogen) atoms. The Morgan fingerprint density at radius 1 is 0.971 bits per heavy atom. The van der Waals surface area contributed by atoms with Gasteiger partial charge in [0.2, 0.25) is 5.91 Å². The predicted octanol–water partition coefficient (Wildman–Crippen LogP) is 2.49. The molecule has 0 aromatic heterocycles.